The Kier molecular flexibility index (Phi) is 5.76. The zero-order chi connectivity index (χ0) is 23.3. The van der Waals surface area contributed by atoms with Crippen LogP contribution < -0.4 is 4.74 Å². The van der Waals surface area contributed by atoms with E-state index in [9.17, 15) is 4.79 Å². The second kappa shape index (κ2) is 8.47. The van der Waals surface area contributed by atoms with Crippen molar-refractivity contribution < 1.29 is 19.0 Å². The average molecular weight is 449 g/mol. The summed E-state index contributed by atoms with van der Waals surface area (Å²) in [6.07, 6.45) is 5.26. The van der Waals surface area contributed by atoms with E-state index in [2.05, 4.69) is 37.3 Å². The van der Waals surface area contributed by atoms with E-state index >= 15 is 0 Å². The van der Waals surface area contributed by atoms with Crippen molar-refractivity contribution in [1.29, 1.82) is 0 Å². The van der Waals surface area contributed by atoms with Crippen LogP contribution in [0.15, 0.2) is 30.3 Å². The molecule has 0 saturated heterocycles. The van der Waals surface area contributed by atoms with Gasteiger partial charge in [-0.2, -0.15) is 0 Å². The first-order chi connectivity index (χ1) is 15.8. The van der Waals surface area contributed by atoms with Gasteiger partial charge < -0.3 is 14.2 Å². The summed E-state index contributed by atoms with van der Waals surface area (Å²) in [6, 6.07) is 11.0. The summed E-state index contributed by atoms with van der Waals surface area (Å²) >= 11 is 0. The molecule has 4 heteroatoms. The number of methoxy groups -OCH3 is 1. The molecule has 0 aromatic heterocycles. The number of aryl methyl sites for hydroxylation is 2. The predicted molar refractivity (Wildman–Crippen MR) is 130 cm³/mol. The average Bonchev–Trinajstić information content (AvgIpc) is 3.68. The van der Waals surface area contributed by atoms with E-state index in [-0.39, 0.29) is 5.97 Å². The van der Waals surface area contributed by atoms with Gasteiger partial charge in [0.2, 0.25) is 0 Å². The van der Waals surface area contributed by atoms with Gasteiger partial charge in [0, 0.05) is 5.56 Å². The molecule has 2 aromatic carbocycles. The van der Waals surface area contributed by atoms with E-state index in [0.29, 0.717) is 5.92 Å². The first-order valence-electron chi connectivity index (χ1n) is 12.4. The van der Waals surface area contributed by atoms with Crippen molar-refractivity contribution in [2.75, 3.05) is 13.7 Å². The SMILES string of the molecule is COC(=O)C(OC(C)(C)C)c1c(C)ccc([C@@H]2CC2C2CC2)c1-c1ccc2c(c1)CCCO2. The highest BCUT2D eigenvalue weighted by molar-refractivity contribution is 5.84. The fourth-order valence-electron chi connectivity index (χ4n) is 5.53. The smallest absolute Gasteiger partial charge is 0.339 e. The number of benzene rings is 2. The highest BCUT2D eigenvalue weighted by atomic mass is 16.6. The zero-order valence-corrected chi connectivity index (χ0v) is 20.6. The Hall–Kier alpha value is -2.33. The van der Waals surface area contributed by atoms with Crippen molar-refractivity contribution in [2.45, 2.75) is 77.4 Å². The maximum Gasteiger partial charge on any atom is 0.339 e. The summed E-state index contributed by atoms with van der Waals surface area (Å²) in [5.41, 5.74) is 6.45. The molecular weight excluding hydrogens is 412 g/mol. The second-order valence-electron chi connectivity index (χ2n) is 11.0. The maximum atomic E-state index is 13.1. The van der Waals surface area contributed by atoms with Gasteiger partial charge >= 0.3 is 5.97 Å². The lowest BCUT2D eigenvalue weighted by atomic mass is 9.85. The van der Waals surface area contributed by atoms with Gasteiger partial charge in [0.1, 0.15) is 5.75 Å². The van der Waals surface area contributed by atoms with Gasteiger partial charge in [0.05, 0.1) is 19.3 Å². The third-order valence-corrected chi connectivity index (χ3v) is 7.31. The lowest BCUT2D eigenvalue weighted by molar-refractivity contribution is -0.164. The molecule has 0 N–H and O–H groups in total. The van der Waals surface area contributed by atoms with Gasteiger partial charge in [0.15, 0.2) is 6.10 Å². The summed E-state index contributed by atoms with van der Waals surface area (Å²) in [4.78, 5) is 13.1. The molecule has 2 aliphatic carbocycles. The van der Waals surface area contributed by atoms with Crippen LogP contribution in [0.3, 0.4) is 0 Å². The molecule has 0 radical (unpaired) electrons. The maximum absolute atomic E-state index is 13.1. The van der Waals surface area contributed by atoms with Crippen LogP contribution in [0.2, 0.25) is 0 Å². The highest BCUT2D eigenvalue weighted by Gasteiger charge is 2.49. The predicted octanol–water partition coefficient (Wildman–Crippen LogP) is 6.53. The van der Waals surface area contributed by atoms with Crippen LogP contribution in [0, 0.1) is 18.8 Å². The number of ether oxygens (including phenoxy) is 3. The lowest BCUT2D eigenvalue weighted by Crippen LogP contribution is -2.29. The van der Waals surface area contributed by atoms with Crippen molar-refractivity contribution in [1.82, 2.24) is 0 Å². The standard InChI is InChI=1S/C29H36O4/c1-17-8-12-21(23-16-22(23)18-9-10-18)26(20-11-13-24-19(15-20)7-6-14-32-24)25(17)27(28(30)31-5)33-29(2,3)4/h8,11-13,15,18,22-23,27H,6-7,9-10,14,16H2,1-5H3/t22?,23-,27?/m0/s1. The molecule has 1 heterocycles. The molecule has 3 aliphatic rings. The largest absolute Gasteiger partial charge is 0.493 e. The summed E-state index contributed by atoms with van der Waals surface area (Å²) < 4.78 is 17.5. The molecule has 2 fully saturated rings. The van der Waals surface area contributed by atoms with Crippen molar-refractivity contribution >= 4 is 5.97 Å². The van der Waals surface area contributed by atoms with E-state index in [0.717, 1.165) is 59.3 Å². The zero-order valence-electron chi connectivity index (χ0n) is 20.6. The Morgan fingerprint density at radius 2 is 1.94 bits per heavy atom. The number of hydrogen-bond acceptors (Lipinski definition) is 4. The Morgan fingerprint density at radius 3 is 2.64 bits per heavy atom. The number of fused-ring (bicyclic) bond motifs is 1. The normalized spacial score (nSPS) is 22.8. The molecule has 2 saturated carbocycles. The first kappa shape index (κ1) is 22.5. The van der Waals surface area contributed by atoms with Crippen molar-refractivity contribution in [3.63, 3.8) is 0 Å². The monoisotopic (exact) mass is 448 g/mol. The van der Waals surface area contributed by atoms with E-state index in [1.54, 1.807) is 0 Å². The van der Waals surface area contributed by atoms with Crippen LogP contribution in [0.25, 0.3) is 11.1 Å². The number of hydrogen-bond donors (Lipinski definition) is 0. The third-order valence-electron chi connectivity index (χ3n) is 7.31. The van der Waals surface area contributed by atoms with Gasteiger partial charge in [-0.25, -0.2) is 4.79 Å². The fraction of sp³-hybridized carbons (Fsp3) is 0.552. The van der Waals surface area contributed by atoms with Crippen LogP contribution in [-0.4, -0.2) is 25.3 Å². The van der Waals surface area contributed by atoms with Gasteiger partial charge in [0.25, 0.3) is 0 Å². The van der Waals surface area contributed by atoms with Gasteiger partial charge in [-0.05, 0) is 118 Å². The Balaban J connectivity index is 1.68. The van der Waals surface area contributed by atoms with E-state index < -0.39 is 11.7 Å². The number of esters is 1. The third kappa shape index (κ3) is 4.55. The van der Waals surface area contributed by atoms with Crippen molar-refractivity contribution in [3.05, 3.63) is 52.6 Å². The molecule has 2 unspecified atom stereocenters. The molecule has 3 atom stereocenters. The Bertz CT molecular complexity index is 1060. The van der Waals surface area contributed by atoms with Gasteiger partial charge in [-0.15, -0.1) is 0 Å². The fourth-order valence-corrected chi connectivity index (χ4v) is 5.53. The van der Waals surface area contributed by atoms with Crippen LogP contribution in [0.5, 0.6) is 5.75 Å². The van der Waals surface area contributed by atoms with Crippen LogP contribution >= 0.6 is 0 Å². The minimum Gasteiger partial charge on any atom is -0.493 e. The van der Waals surface area contributed by atoms with Gasteiger partial charge in [-0.1, -0.05) is 18.2 Å². The van der Waals surface area contributed by atoms with Crippen LogP contribution in [0.1, 0.15) is 80.7 Å². The molecular formula is C29H36O4. The Morgan fingerprint density at radius 1 is 1.15 bits per heavy atom. The van der Waals surface area contributed by atoms with E-state index in [1.807, 2.05) is 20.8 Å². The molecule has 1 aliphatic heterocycles. The lowest BCUT2D eigenvalue weighted by Gasteiger charge is -2.30. The summed E-state index contributed by atoms with van der Waals surface area (Å²) in [5, 5.41) is 0. The molecule has 33 heavy (non-hydrogen) atoms. The molecule has 0 bridgehead atoms. The molecule has 176 valence electrons. The molecule has 0 amide bonds. The minimum atomic E-state index is -0.768. The topological polar surface area (TPSA) is 44.8 Å². The quantitative estimate of drug-likeness (QED) is 0.471. The summed E-state index contributed by atoms with van der Waals surface area (Å²) in [5.74, 6) is 2.86. The van der Waals surface area contributed by atoms with Crippen LogP contribution in [0.4, 0.5) is 0 Å². The van der Waals surface area contributed by atoms with Crippen molar-refractivity contribution in [3.8, 4) is 16.9 Å². The van der Waals surface area contributed by atoms with Crippen molar-refractivity contribution in [2.24, 2.45) is 11.8 Å². The Labute approximate surface area is 197 Å². The van der Waals surface area contributed by atoms with E-state index in [1.165, 1.54) is 37.5 Å². The molecule has 5 rings (SSSR count). The first-order valence-corrected chi connectivity index (χ1v) is 12.4. The second-order valence-corrected chi connectivity index (χ2v) is 11.0. The number of carbonyl (C=O) groups excluding carboxylic acids is 1. The number of carbonyl (C=O) groups is 1. The van der Waals surface area contributed by atoms with Gasteiger partial charge in [-0.3, -0.25) is 0 Å². The van der Waals surface area contributed by atoms with E-state index in [4.69, 9.17) is 14.2 Å². The minimum absolute atomic E-state index is 0.345. The summed E-state index contributed by atoms with van der Waals surface area (Å²) in [7, 11) is 1.44. The molecule has 0 spiro atoms. The summed E-state index contributed by atoms with van der Waals surface area (Å²) in [6.45, 7) is 8.83. The molecule has 2 aromatic rings. The number of rotatable bonds is 6. The van der Waals surface area contributed by atoms with Crippen LogP contribution in [-0.2, 0) is 20.7 Å². The molecule has 4 nitrogen and oxygen atoms in total. The highest BCUT2D eigenvalue weighted by Crippen LogP contribution is 2.61.